The van der Waals surface area contributed by atoms with Crippen molar-refractivity contribution in [3.8, 4) is 0 Å². The number of aromatic nitrogens is 1. The molecule has 2 N–H and O–H groups in total. The van der Waals surface area contributed by atoms with Gasteiger partial charge in [0.1, 0.15) is 5.82 Å². The van der Waals surface area contributed by atoms with Crippen molar-refractivity contribution in [3.63, 3.8) is 0 Å². The maximum atomic E-state index is 5.67. The average Bonchev–Trinajstić information content (AvgIpc) is 2.33. The molecular weight excluding hydrogens is 148 g/mol. The van der Waals surface area contributed by atoms with E-state index in [0.717, 1.165) is 11.4 Å². The van der Waals surface area contributed by atoms with E-state index in [0.29, 0.717) is 5.03 Å². The van der Waals surface area contributed by atoms with Crippen LogP contribution in [0.5, 0.6) is 0 Å². The molecule has 0 amide bonds. The Labute approximate surface area is 64.9 Å². The summed E-state index contributed by atoms with van der Waals surface area (Å²) in [6, 6.07) is 1.88. The van der Waals surface area contributed by atoms with Gasteiger partial charge in [0.15, 0.2) is 0 Å². The van der Waals surface area contributed by atoms with Crippen LogP contribution in [-0.2, 0) is 0 Å². The van der Waals surface area contributed by atoms with Crippen LogP contribution >= 0.6 is 11.6 Å². The van der Waals surface area contributed by atoms with Gasteiger partial charge in [0.25, 0.3) is 0 Å². The summed E-state index contributed by atoms with van der Waals surface area (Å²) in [7, 11) is 1.83. The van der Waals surface area contributed by atoms with Gasteiger partial charge in [-0.3, -0.25) is 0 Å². The highest BCUT2D eigenvalue weighted by atomic mass is 35.5. The molecule has 0 aliphatic rings. The van der Waals surface area contributed by atoms with Crippen molar-refractivity contribution in [1.82, 2.24) is 4.98 Å². The van der Waals surface area contributed by atoms with E-state index >= 15 is 0 Å². The Balaban J connectivity index is 3.01. The molecule has 10 heavy (non-hydrogen) atoms. The summed E-state index contributed by atoms with van der Waals surface area (Å²) in [6.45, 7) is 3.61. The van der Waals surface area contributed by atoms with Crippen molar-refractivity contribution in [1.29, 1.82) is 0 Å². The maximum absolute atomic E-state index is 5.67. The number of rotatable bonds is 2. The SMILES string of the molecule is C=C(Cl)c1cc[nH]c1NC. The molecule has 0 saturated heterocycles. The van der Waals surface area contributed by atoms with E-state index in [1.54, 1.807) is 0 Å². The lowest BCUT2D eigenvalue weighted by Gasteiger charge is -1.98. The van der Waals surface area contributed by atoms with Crippen LogP contribution in [-0.4, -0.2) is 12.0 Å². The maximum Gasteiger partial charge on any atom is 0.111 e. The smallest absolute Gasteiger partial charge is 0.111 e. The fraction of sp³-hybridized carbons (Fsp3) is 0.143. The van der Waals surface area contributed by atoms with Gasteiger partial charge in [0, 0.05) is 23.8 Å². The molecule has 54 valence electrons. The normalized spacial score (nSPS) is 9.40. The predicted octanol–water partition coefficient (Wildman–Crippen LogP) is 2.27. The molecule has 1 aromatic heterocycles. The first-order valence-corrected chi connectivity index (χ1v) is 3.33. The van der Waals surface area contributed by atoms with Gasteiger partial charge in [-0.15, -0.1) is 0 Å². The third-order valence-electron chi connectivity index (χ3n) is 1.29. The average molecular weight is 157 g/mol. The van der Waals surface area contributed by atoms with Crippen LogP contribution in [0.4, 0.5) is 5.82 Å². The van der Waals surface area contributed by atoms with Crippen molar-refractivity contribution >= 4 is 22.5 Å². The Morgan fingerprint density at radius 3 is 2.90 bits per heavy atom. The van der Waals surface area contributed by atoms with Crippen LogP contribution in [0.1, 0.15) is 5.56 Å². The largest absolute Gasteiger partial charge is 0.374 e. The molecule has 1 heterocycles. The zero-order chi connectivity index (χ0) is 7.56. The van der Waals surface area contributed by atoms with Crippen molar-refractivity contribution in [2.24, 2.45) is 0 Å². The third-order valence-corrected chi connectivity index (χ3v) is 1.49. The van der Waals surface area contributed by atoms with Crippen LogP contribution in [0.3, 0.4) is 0 Å². The minimum Gasteiger partial charge on any atom is -0.374 e. The first-order chi connectivity index (χ1) is 4.75. The van der Waals surface area contributed by atoms with E-state index in [2.05, 4.69) is 16.9 Å². The van der Waals surface area contributed by atoms with E-state index in [9.17, 15) is 0 Å². The summed E-state index contributed by atoms with van der Waals surface area (Å²) in [6.07, 6.45) is 1.81. The predicted molar refractivity (Wildman–Crippen MR) is 45.2 cm³/mol. The first-order valence-electron chi connectivity index (χ1n) is 2.95. The molecule has 0 spiro atoms. The highest BCUT2D eigenvalue weighted by molar-refractivity contribution is 6.48. The van der Waals surface area contributed by atoms with Crippen molar-refractivity contribution in [2.75, 3.05) is 12.4 Å². The molecule has 1 rings (SSSR count). The number of anilines is 1. The van der Waals surface area contributed by atoms with Crippen molar-refractivity contribution in [3.05, 3.63) is 24.4 Å². The van der Waals surface area contributed by atoms with Gasteiger partial charge in [-0.25, -0.2) is 0 Å². The van der Waals surface area contributed by atoms with Gasteiger partial charge in [-0.2, -0.15) is 0 Å². The summed E-state index contributed by atoms with van der Waals surface area (Å²) in [5.41, 5.74) is 0.921. The molecule has 2 nitrogen and oxygen atoms in total. The number of hydrogen-bond donors (Lipinski definition) is 2. The first kappa shape index (κ1) is 7.22. The number of hydrogen-bond acceptors (Lipinski definition) is 1. The van der Waals surface area contributed by atoms with Crippen LogP contribution in [0.15, 0.2) is 18.8 Å². The number of nitrogens with one attached hydrogen (secondary N) is 2. The fourth-order valence-electron chi connectivity index (χ4n) is 0.802. The highest BCUT2D eigenvalue weighted by Crippen LogP contribution is 2.23. The Kier molecular flexibility index (Phi) is 2.02. The van der Waals surface area contributed by atoms with Gasteiger partial charge in [0.05, 0.1) is 0 Å². The Morgan fingerprint density at radius 1 is 1.80 bits per heavy atom. The molecular formula is C7H9ClN2. The van der Waals surface area contributed by atoms with Crippen molar-refractivity contribution in [2.45, 2.75) is 0 Å². The summed E-state index contributed by atoms with van der Waals surface area (Å²) in [4.78, 5) is 2.98. The molecule has 0 atom stereocenters. The summed E-state index contributed by atoms with van der Waals surface area (Å²) < 4.78 is 0. The Bertz CT molecular complexity index is 240. The molecule has 0 aliphatic carbocycles. The van der Waals surface area contributed by atoms with Crippen LogP contribution < -0.4 is 5.32 Å². The van der Waals surface area contributed by atoms with Gasteiger partial charge in [0.2, 0.25) is 0 Å². The molecule has 0 unspecified atom stereocenters. The topological polar surface area (TPSA) is 27.8 Å². The second-order valence-electron chi connectivity index (χ2n) is 1.92. The van der Waals surface area contributed by atoms with Gasteiger partial charge >= 0.3 is 0 Å². The van der Waals surface area contributed by atoms with E-state index in [4.69, 9.17) is 11.6 Å². The molecule has 3 heteroatoms. The molecule has 0 radical (unpaired) electrons. The second kappa shape index (κ2) is 2.80. The van der Waals surface area contributed by atoms with Crippen LogP contribution in [0.2, 0.25) is 0 Å². The standard InChI is InChI=1S/C7H9ClN2/c1-5(8)6-3-4-10-7(6)9-2/h3-4,9-10H,1H2,2H3. The molecule has 0 aromatic carbocycles. The van der Waals surface area contributed by atoms with E-state index < -0.39 is 0 Å². The number of aromatic amines is 1. The minimum absolute atomic E-state index is 0.547. The van der Waals surface area contributed by atoms with E-state index in [1.165, 1.54) is 0 Å². The van der Waals surface area contributed by atoms with Crippen LogP contribution in [0.25, 0.3) is 5.03 Å². The van der Waals surface area contributed by atoms with Gasteiger partial charge in [-0.1, -0.05) is 18.2 Å². The quantitative estimate of drug-likeness (QED) is 0.676. The highest BCUT2D eigenvalue weighted by Gasteiger charge is 2.01. The minimum atomic E-state index is 0.547. The van der Waals surface area contributed by atoms with E-state index in [-0.39, 0.29) is 0 Å². The lowest BCUT2D eigenvalue weighted by atomic mass is 10.3. The molecule has 0 aliphatic heterocycles. The summed E-state index contributed by atoms with van der Waals surface area (Å²) in [5, 5.41) is 3.50. The third kappa shape index (κ3) is 1.16. The van der Waals surface area contributed by atoms with Gasteiger partial charge in [-0.05, 0) is 6.07 Å². The fourth-order valence-corrected chi connectivity index (χ4v) is 0.960. The molecule has 0 saturated carbocycles. The monoisotopic (exact) mass is 156 g/mol. The second-order valence-corrected chi connectivity index (χ2v) is 2.38. The lowest BCUT2D eigenvalue weighted by Crippen LogP contribution is -1.89. The van der Waals surface area contributed by atoms with E-state index in [1.807, 2.05) is 19.3 Å². The molecule has 1 aromatic rings. The number of halogens is 1. The Morgan fingerprint density at radius 2 is 2.50 bits per heavy atom. The van der Waals surface area contributed by atoms with Crippen molar-refractivity contribution < 1.29 is 0 Å². The zero-order valence-electron chi connectivity index (χ0n) is 5.74. The van der Waals surface area contributed by atoms with Gasteiger partial charge < -0.3 is 10.3 Å². The molecule has 0 fully saturated rings. The Hall–Kier alpha value is -0.890. The summed E-state index contributed by atoms with van der Waals surface area (Å²) in [5.74, 6) is 0.903. The zero-order valence-corrected chi connectivity index (χ0v) is 6.50. The number of H-pyrrole nitrogens is 1. The van der Waals surface area contributed by atoms with Crippen LogP contribution in [0, 0.1) is 0 Å². The lowest BCUT2D eigenvalue weighted by molar-refractivity contribution is 1.35. The molecule has 0 bridgehead atoms. The summed E-state index contributed by atoms with van der Waals surface area (Å²) >= 11 is 5.67.